The van der Waals surface area contributed by atoms with E-state index in [0.29, 0.717) is 12.8 Å². The van der Waals surface area contributed by atoms with Crippen LogP contribution in [-0.2, 0) is 12.8 Å². The van der Waals surface area contributed by atoms with Crippen molar-refractivity contribution in [3.05, 3.63) is 51.6 Å². The summed E-state index contributed by atoms with van der Waals surface area (Å²) in [7, 11) is 0. The molecule has 0 atom stereocenters. The molecule has 0 heterocycles. The molecular weight excluding hydrogens is 324 g/mol. The molecule has 0 fully saturated rings. The van der Waals surface area contributed by atoms with Gasteiger partial charge in [0.1, 0.15) is 11.3 Å². The van der Waals surface area contributed by atoms with E-state index >= 15 is 0 Å². The molecule has 0 saturated heterocycles. The van der Waals surface area contributed by atoms with E-state index < -0.39 is 5.97 Å². The quantitative estimate of drug-likeness (QED) is 0.377. The lowest BCUT2D eigenvalue weighted by atomic mass is 9.89. The maximum Gasteiger partial charge on any atom is 0.339 e. The molecule has 0 amide bonds. The van der Waals surface area contributed by atoms with E-state index in [1.54, 1.807) is 6.07 Å². The molecule has 3 heteroatoms. The zero-order valence-electron chi connectivity index (χ0n) is 17.0. The first-order chi connectivity index (χ1) is 12.3. The number of aryl methyl sites for hydroxylation is 1. The lowest BCUT2D eigenvalue weighted by molar-refractivity contribution is 0.0692. The van der Waals surface area contributed by atoms with Crippen LogP contribution in [0.4, 0.5) is 0 Å². The number of hydrogen-bond donors (Lipinski definition) is 2. The van der Waals surface area contributed by atoms with Gasteiger partial charge in [-0.1, -0.05) is 43.1 Å². The number of carboxylic acid groups (broad SMARTS) is 1. The molecule has 1 rings (SSSR count). The Morgan fingerprint density at radius 1 is 1.12 bits per heavy atom. The van der Waals surface area contributed by atoms with Crippen LogP contribution in [0.2, 0.25) is 0 Å². The van der Waals surface area contributed by atoms with Crippen LogP contribution in [0.15, 0.2) is 29.4 Å². The minimum absolute atomic E-state index is 0.0808. The number of benzene rings is 1. The maximum absolute atomic E-state index is 11.7. The fourth-order valence-corrected chi connectivity index (χ4v) is 3.23. The van der Waals surface area contributed by atoms with Gasteiger partial charge in [0.15, 0.2) is 0 Å². The molecule has 0 aliphatic heterocycles. The molecule has 0 unspecified atom stereocenters. The third-order valence-corrected chi connectivity index (χ3v) is 4.74. The van der Waals surface area contributed by atoms with Gasteiger partial charge in [0, 0.05) is 0 Å². The van der Waals surface area contributed by atoms with Gasteiger partial charge >= 0.3 is 5.97 Å². The van der Waals surface area contributed by atoms with Crippen LogP contribution in [0, 0.1) is 6.92 Å². The van der Waals surface area contributed by atoms with Crippen molar-refractivity contribution in [3.8, 4) is 5.75 Å². The van der Waals surface area contributed by atoms with Gasteiger partial charge < -0.3 is 10.2 Å². The summed E-state index contributed by atoms with van der Waals surface area (Å²) in [6.07, 6.45) is 11.0. The third-order valence-electron chi connectivity index (χ3n) is 4.74. The molecule has 0 aliphatic carbocycles. The van der Waals surface area contributed by atoms with Crippen molar-refractivity contribution in [1.29, 1.82) is 0 Å². The molecule has 1 aromatic carbocycles. The summed E-state index contributed by atoms with van der Waals surface area (Å²) in [6, 6.07) is 1.59. The van der Waals surface area contributed by atoms with Crippen molar-refractivity contribution in [2.45, 2.75) is 79.6 Å². The van der Waals surface area contributed by atoms with Crippen LogP contribution >= 0.6 is 0 Å². The number of allylic oxidation sites excluding steroid dienone is 4. The smallest absolute Gasteiger partial charge is 0.339 e. The normalized spacial score (nSPS) is 11.5. The topological polar surface area (TPSA) is 57.5 Å². The van der Waals surface area contributed by atoms with Gasteiger partial charge in [-0.3, -0.25) is 0 Å². The van der Waals surface area contributed by atoms with Crippen molar-refractivity contribution in [2.24, 2.45) is 0 Å². The first-order valence-electron chi connectivity index (χ1n) is 9.64. The van der Waals surface area contributed by atoms with Crippen LogP contribution in [0.25, 0.3) is 0 Å². The second kappa shape index (κ2) is 10.8. The van der Waals surface area contributed by atoms with Gasteiger partial charge in [0.25, 0.3) is 0 Å². The predicted octanol–water partition coefficient (Wildman–Crippen LogP) is 6.37. The number of hydrogen-bond acceptors (Lipinski definition) is 2. The molecule has 0 aliphatic rings. The molecular formula is C23H34O3. The predicted molar refractivity (Wildman–Crippen MR) is 109 cm³/mol. The lowest BCUT2D eigenvalue weighted by Crippen LogP contribution is -2.09. The zero-order chi connectivity index (χ0) is 19.7. The second-order valence-corrected chi connectivity index (χ2v) is 7.38. The lowest BCUT2D eigenvalue weighted by Gasteiger charge is -2.16. The van der Waals surface area contributed by atoms with E-state index in [9.17, 15) is 15.0 Å². The van der Waals surface area contributed by atoms with Crippen LogP contribution in [0.5, 0.6) is 5.75 Å². The Labute approximate surface area is 158 Å². The van der Waals surface area contributed by atoms with Gasteiger partial charge in [-0.05, 0) is 82.6 Å². The number of unbranched alkanes of at least 4 members (excludes halogenated alkanes) is 2. The highest BCUT2D eigenvalue weighted by Gasteiger charge is 2.20. The number of rotatable bonds is 10. The highest BCUT2D eigenvalue weighted by molar-refractivity contribution is 5.93. The SMILES string of the molecule is CCCCCc1c(C/C=C(\C)CCC=C(C)C)c(C)cc(O)c1C(=O)O. The van der Waals surface area contributed by atoms with Crippen molar-refractivity contribution < 1.29 is 15.0 Å². The molecule has 0 spiro atoms. The van der Waals surface area contributed by atoms with E-state index in [-0.39, 0.29) is 11.3 Å². The average molecular weight is 359 g/mol. The van der Waals surface area contributed by atoms with Crippen molar-refractivity contribution in [3.63, 3.8) is 0 Å². The third kappa shape index (κ3) is 6.70. The first kappa shape index (κ1) is 22.0. The molecule has 2 N–H and O–H groups in total. The van der Waals surface area contributed by atoms with Gasteiger partial charge in [-0.25, -0.2) is 4.79 Å². The van der Waals surface area contributed by atoms with Gasteiger partial charge in [0.05, 0.1) is 0 Å². The van der Waals surface area contributed by atoms with Crippen molar-refractivity contribution >= 4 is 5.97 Å². The maximum atomic E-state index is 11.7. The second-order valence-electron chi connectivity index (χ2n) is 7.38. The summed E-state index contributed by atoms with van der Waals surface area (Å²) < 4.78 is 0. The molecule has 0 bridgehead atoms. The number of aromatic hydroxyl groups is 1. The Kier molecular flexibility index (Phi) is 9.18. The molecule has 3 nitrogen and oxygen atoms in total. The van der Waals surface area contributed by atoms with E-state index in [0.717, 1.165) is 48.8 Å². The number of carboxylic acids is 1. The molecule has 0 aromatic heterocycles. The fraction of sp³-hybridized carbons (Fsp3) is 0.522. The highest BCUT2D eigenvalue weighted by atomic mass is 16.4. The summed E-state index contributed by atoms with van der Waals surface area (Å²) in [6.45, 7) is 10.4. The molecule has 144 valence electrons. The largest absolute Gasteiger partial charge is 0.507 e. The van der Waals surface area contributed by atoms with Gasteiger partial charge in [-0.15, -0.1) is 0 Å². The highest BCUT2D eigenvalue weighted by Crippen LogP contribution is 2.30. The summed E-state index contributed by atoms with van der Waals surface area (Å²) >= 11 is 0. The van der Waals surface area contributed by atoms with E-state index in [2.05, 4.69) is 39.8 Å². The first-order valence-corrected chi connectivity index (χ1v) is 9.64. The molecule has 1 aromatic rings. The molecule has 0 saturated carbocycles. The Hall–Kier alpha value is -2.03. The molecule has 0 radical (unpaired) electrons. The number of aromatic carboxylic acids is 1. The Balaban J connectivity index is 3.13. The van der Waals surface area contributed by atoms with Gasteiger partial charge in [-0.2, -0.15) is 0 Å². The van der Waals surface area contributed by atoms with E-state index in [1.165, 1.54) is 11.1 Å². The summed E-state index contributed by atoms with van der Waals surface area (Å²) in [5.41, 5.74) is 5.54. The minimum atomic E-state index is -1.04. The van der Waals surface area contributed by atoms with Crippen molar-refractivity contribution in [2.75, 3.05) is 0 Å². The minimum Gasteiger partial charge on any atom is -0.507 e. The fourth-order valence-electron chi connectivity index (χ4n) is 3.23. The van der Waals surface area contributed by atoms with Crippen LogP contribution in [0.1, 0.15) is 86.8 Å². The van der Waals surface area contributed by atoms with E-state index in [4.69, 9.17) is 0 Å². The Morgan fingerprint density at radius 3 is 2.38 bits per heavy atom. The zero-order valence-corrected chi connectivity index (χ0v) is 17.0. The van der Waals surface area contributed by atoms with Gasteiger partial charge in [0.2, 0.25) is 0 Å². The van der Waals surface area contributed by atoms with E-state index in [1.807, 2.05) is 6.92 Å². The average Bonchev–Trinajstić information content (AvgIpc) is 2.53. The Bertz CT molecular complexity index is 677. The summed E-state index contributed by atoms with van der Waals surface area (Å²) in [5.74, 6) is -1.16. The van der Waals surface area contributed by atoms with Crippen LogP contribution in [0.3, 0.4) is 0 Å². The monoisotopic (exact) mass is 358 g/mol. The van der Waals surface area contributed by atoms with Crippen LogP contribution in [-0.4, -0.2) is 16.2 Å². The standard InChI is InChI=1S/C23H34O3/c1-6-7-8-12-20-19(14-13-17(4)11-9-10-16(2)3)18(5)15-21(24)22(20)23(25)26/h10,13,15,24H,6-9,11-12,14H2,1-5H3,(H,25,26)/b17-13+. The number of phenols is 1. The number of carbonyl (C=O) groups is 1. The summed E-state index contributed by atoms with van der Waals surface area (Å²) in [4.78, 5) is 11.7. The molecule has 26 heavy (non-hydrogen) atoms. The van der Waals surface area contributed by atoms with Crippen LogP contribution < -0.4 is 0 Å². The van der Waals surface area contributed by atoms with Crippen molar-refractivity contribution in [1.82, 2.24) is 0 Å². The summed E-state index contributed by atoms with van der Waals surface area (Å²) in [5, 5.41) is 19.7. The Morgan fingerprint density at radius 2 is 1.81 bits per heavy atom.